The first-order chi connectivity index (χ1) is 15.0. The van der Waals surface area contributed by atoms with E-state index in [2.05, 4.69) is 15.3 Å². The Morgan fingerprint density at radius 3 is 2.90 bits per heavy atom. The minimum Gasteiger partial charge on any atom is -0.376 e. The molecule has 31 heavy (non-hydrogen) atoms. The highest BCUT2D eigenvalue weighted by Gasteiger charge is 2.28. The molecular formula is C22H22F2N6O. The number of nitrogens with zero attached hydrogens (tertiary/aromatic N) is 5. The van der Waals surface area contributed by atoms with Gasteiger partial charge in [0.25, 0.3) is 0 Å². The fourth-order valence-electron chi connectivity index (χ4n) is 4.24. The van der Waals surface area contributed by atoms with Gasteiger partial charge in [-0.2, -0.15) is 0 Å². The molecule has 0 aliphatic carbocycles. The fourth-order valence-corrected chi connectivity index (χ4v) is 4.24. The van der Waals surface area contributed by atoms with Crippen LogP contribution in [0.5, 0.6) is 0 Å². The number of imidazole rings is 1. The van der Waals surface area contributed by atoms with Gasteiger partial charge in [0.05, 0.1) is 23.4 Å². The fraction of sp³-hybridized carbons (Fsp3) is 0.318. The van der Waals surface area contributed by atoms with Crippen molar-refractivity contribution in [2.75, 3.05) is 18.0 Å². The normalized spacial score (nSPS) is 20.5. The van der Waals surface area contributed by atoms with E-state index in [-0.39, 0.29) is 22.5 Å². The van der Waals surface area contributed by atoms with Crippen LogP contribution in [0.4, 0.5) is 14.6 Å². The summed E-state index contributed by atoms with van der Waals surface area (Å²) in [5.41, 5.74) is 1.39. The zero-order chi connectivity index (χ0) is 21.7. The van der Waals surface area contributed by atoms with Crippen LogP contribution in [-0.2, 0) is 0 Å². The minimum absolute atomic E-state index is 0.0412. The molecule has 9 heteroatoms. The third-order valence-electron chi connectivity index (χ3n) is 6.03. The molecule has 1 aromatic carbocycles. The lowest BCUT2D eigenvalue weighted by Crippen LogP contribution is -2.57. The molecule has 7 nitrogen and oxygen atoms in total. The number of rotatable bonds is 3. The third kappa shape index (κ3) is 3.21. The van der Waals surface area contributed by atoms with E-state index in [1.165, 1.54) is 12.3 Å². The largest absolute Gasteiger partial charge is 0.376 e. The molecule has 0 radical (unpaired) electrons. The molecule has 3 unspecified atom stereocenters. The summed E-state index contributed by atoms with van der Waals surface area (Å²) >= 11 is 0. The Labute approximate surface area is 177 Å². The summed E-state index contributed by atoms with van der Waals surface area (Å²) in [4.78, 5) is 10.4. The molecule has 0 amide bonds. The highest BCUT2D eigenvalue weighted by molar-refractivity contribution is 5.80. The number of halogens is 2. The first kappa shape index (κ1) is 19.8. The number of pyridine rings is 1. The lowest BCUT2D eigenvalue weighted by Gasteiger charge is -2.38. The summed E-state index contributed by atoms with van der Waals surface area (Å²) < 4.78 is 31.8. The van der Waals surface area contributed by atoms with Crippen molar-refractivity contribution in [1.29, 1.82) is 0 Å². The molecule has 5 rings (SSSR count). The predicted molar refractivity (Wildman–Crippen MR) is 113 cm³/mol. The quantitative estimate of drug-likeness (QED) is 0.527. The second-order valence-electron chi connectivity index (χ2n) is 7.86. The van der Waals surface area contributed by atoms with Crippen LogP contribution in [0.2, 0.25) is 0 Å². The number of fused-ring (bicyclic) bond motifs is 2. The highest BCUT2D eigenvalue weighted by Crippen LogP contribution is 2.33. The van der Waals surface area contributed by atoms with Crippen molar-refractivity contribution >= 4 is 22.4 Å². The lowest BCUT2D eigenvalue weighted by atomic mass is 9.95. The maximum absolute atomic E-state index is 15.3. The molecular weight excluding hydrogens is 402 g/mol. The van der Waals surface area contributed by atoms with E-state index >= 15 is 4.39 Å². The van der Waals surface area contributed by atoms with E-state index in [1.807, 2.05) is 24.0 Å². The number of anilines is 1. The van der Waals surface area contributed by atoms with Crippen molar-refractivity contribution in [3.8, 4) is 0 Å². The smallest absolute Gasteiger partial charge is 0.153 e. The van der Waals surface area contributed by atoms with E-state index < -0.39 is 23.8 Å². The van der Waals surface area contributed by atoms with Gasteiger partial charge in [-0.25, -0.2) is 18.3 Å². The van der Waals surface area contributed by atoms with Crippen LogP contribution in [-0.4, -0.2) is 50.0 Å². The van der Waals surface area contributed by atoms with Gasteiger partial charge in [-0.15, -0.1) is 5.10 Å². The number of piperazine rings is 1. The SMILES string of the molecule is CC(c1c(F)cc2ncccc2c1F)c1cnc2ccc(N3CCNC(O)C3C)nn12. The Bertz CT molecular complexity index is 1280. The molecule has 160 valence electrons. The summed E-state index contributed by atoms with van der Waals surface area (Å²) in [5.74, 6) is -1.24. The number of hydrogen-bond acceptors (Lipinski definition) is 6. The first-order valence-electron chi connectivity index (χ1n) is 10.2. The van der Waals surface area contributed by atoms with Crippen molar-refractivity contribution in [2.45, 2.75) is 32.0 Å². The van der Waals surface area contributed by atoms with Crippen LogP contribution < -0.4 is 10.2 Å². The summed E-state index contributed by atoms with van der Waals surface area (Å²) in [5, 5.41) is 18.1. The van der Waals surface area contributed by atoms with E-state index in [9.17, 15) is 9.50 Å². The molecule has 0 spiro atoms. The predicted octanol–water partition coefficient (Wildman–Crippen LogP) is 2.82. The van der Waals surface area contributed by atoms with Gasteiger partial charge in [-0.1, -0.05) is 6.92 Å². The number of aliphatic hydroxyl groups excluding tert-OH is 1. The average Bonchev–Trinajstić information content (AvgIpc) is 3.19. The van der Waals surface area contributed by atoms with Crippen molar-refractivity contribution < 1.29 is 13.9 Å². The van der Waals surface area contributed by atoms with Gasteiger partial charge in [-0.05, 0) is 31.2 Å². The van der Waals surface area contributed by atoms with Gasteiger partial charge in [0.1, 0.15) is 23.7 Å². The van der Waals surface area contributed by atoms with Crippen LogP contribution in [0.25, 0.3) is 16.6 Å². The van der Waals surface area contributed by atoms with E-state index in [4.69, 9.17) is 5.10 Å². The molecule has 1 saturated heterocycles. The monoisotopic (exact) mass is 424 g/mol. The van der Waals surface area contributed by atoms with Gasteiger partial charge in [-0.3, -0.25) is 10.3 Å². The number of benzene rings is 1. The second-order valence-corrected chi connectivity index (χ2v) is 7.86. The summed E-state index contributed by atoms with van der Waals surface area (Å²) in [6.45, 7) is 4.95. The Morgan fingerprint density at radius 2 is 2.06 bits per heavy atom. The molecule has 4 heterocycles. The summed E-state index contributed by atoms with van der Waals surface area (Å²) in [6, 6.07) is 7.96. The summed E-state index contributed by atoms with van der Waals surface area (Å²) in [7, 11) is 0. The maximum atomic E-state index is 15.3. The van der Waals surface area contributed by atoms with E-state index in [0.717, 1.165) is 0 Å². The highest BCUT2D eigenvalue weighted by atomic mass is 19.1. The number of hydrogen-bond donors (Lipinski definition) is 2. The van der Waals surface area contributed by atoms with Gasteiger partial charge >= 0.3 is 0 Å². The first-order valence-corrected chi connectivity index (χ1v) is 10.2. The number of aromatic nitrogens is 4. The average molecular weight is 424 g/mol. The van der Waals surface area contributed by atoms with Crippen molar-refractivity contribution in [1.82, 2.24) is 24.9 Å². The Balaban J connectivity index is 1.60. The number of aliphatic hydroxyl groups is 1. The molecule has 3 atom stereocenters. The topological polar surface area (TPSA) is 78.6 Å². The van der Waals surface area contributed by atoms with Gasteiger partial charge < -0.3 is 10.0 Å². The van der Waals surface area contributed by atoms with Crippen molar-refractivity contribution in [3.05, 3.63) is 65.6 Å². The summed E-state index contributed by atoms with van der Waals surface area (Å²) in [6.07, 6.45) is 2.44. The van der Waals surface area contributed by atoms with Crippen LogP contribution >= 0.6 is 0 Å². The zero-order valence-corrected chi connectivity index (χ0v) is 17.1. The van der Waals surface area contributed by atoms with Crippen molar-refractivity contribution in [2.24, 2.45) is 0 Å². The second kappa shape index (κ2) is 7.51. The van der Waals surface area contributed by atoms with Crippen LogP contribution in [0.1, 0.15) is 31.0 Å². The van der Waals surface area contributed by atoms with Gasteiger partial charge in [0, 0.05) is 42.2 Å². The van der Waals surface area contributed by atoms with Gasteiger partial charge in [0.15, 0.2) is 5.65 Å². The Kier molecular flexibility index (Phi) is 4.79. The molecule has 1 fully saturated rings. The lowest BCUT2D eigenvalue weighted by molar-refractivity contribution is 0.0970. The number of nitrogens with one attached hydrogen (secondary N) is 1. The molecule has 4 aromatic rings. The van der Waals surface area contributed by atoms with Crippen LogP contribution in [0, 0.1) is 11.6 Å². The molecule has 1 aliphatic heterocycles. The minimum atomic E-state index is -0.665. The van der Waals surface area contributed by atoms with E-state index in [0.29, 0.717) is 30.2 Å². The van der Waals surface area contributed by atoms with E-state index in [1.54, 1.807) is 29.8 Å². The molecule has 2 N–H and O–H groups in total. The maximum Gasteiger partial charge on any atom is 0.153 e. The Hall–Kier alpha value is -3.17. The standard InChI is InChI=1S/C22H22F2N6O/c1-12(20-15(23)10-16-14(21(20)24)4-3-7-25-16)17-11-27-18-5-6-19(28-30(17)18)29-9-8-26-22(31)13(29)2/h3-7,10-13,22,26,31H,8-9H2,1-2H3. The van der Waals surface area contributed by atoms with Crippen LogP contribution in [0.3, 0.4) is 0 Å². The molecule has 3 aromatic heterocycles. The Morgan fingerprint density at radius 1 is 1.23 bits per heavy atom. The van der Waals surface area contributed by atoms with Crippen molar-refractivity contribution in [3.63, 3.8) is 0 Å². The van der Waals surface area contributed by atoms with Crippen LogP contribution in [0.15, 0.2) is 42.7 Å². The molecule has 0 bridgehead atoms. The molecule has 1 aliphatic rings. The molecule has 0 saturated carbocycles. The zero-order valence-electron chi connectivity index (χ0n) is 17.1. The van der Waals surface area contributed by atoms with Gasteiger partial charge in [0.2, 0.25) is 0 Å². The third-order valence-corrected chi connectivity index (χ3v) is 6.03.